The van der Waals surface area contributed by atoms with E-state index in [1.165, 1.54) is 6.42 Å². The highest BCUT2D eigenvalue weighted by molar-refractivity contribution is 14.1. The van der Waals surface area contributed by atoms with Crippen LogP contribution in [0.4, 0.5) is 0 Å². The van der Waals surface area contributed by atoms with Gasteiger partial charge in [0.1, 0.15) is 23.1 Å². The van der Waals surface area contributed by atoms with E-state index in [1.807, 2.05) is 56.7 Å². The molecule has 518 valence electrons. The summed E-state index contributed by atoms with van der Waals surface area (Å²) in [4.78, 5) is 26.8. The summed E-state index contributed by atoms with van der Waals surface area (Å²) in [5, 5.41) is 7.26. The van der Waals surface area contributed by atoms with E-state index in [0.717, 1.165) is 74.2 Å². The molecular formula is C73H130I3O11Si2-. The maximum Gasteiger partial charge on any atom is 0.192 e. The lowest BCUT2D eigenvalue weighted by Crippen LogP contribution is -3.00. The molecule has 0 radical (unpaired) electrons. The molecule has 14 atom stereocenters. The third-order valence-corrected chi connectivity index (χ3v) is 28.4. The molecule has 16 heteroatoms. The summed E-state index contributed by atoms with van der Waals surface area (Å²) in [7, 11) is 0.370. The van der Waals surface area contributed by atoms with Crippen molar-refractivity contribution in [2.75, 3.05) is 21.3 Å². The van der Waals surface area contributed by atoms with Crippen molar-refractivity contribution in [1.82, 2.24) is 0 Å². The minimum atomic E-state index is -1.98. The Morgan fingerprint density at radius 3 is 1.15 bits per heavy atom. The van der Waals surface area contributed by atoms with Crippen LogP contribution in [0.3, 0.4) is 0 Å². The van der Waals surface area contributed by atoms with Gasteiger partial charge in [0.2, 0.25) is 0 Å². The first-order valence-electron chi connectivity index (χ1n) is 32.9. The van der Waals surface area contributed by atoms with Gasteiger partial charge >= 0.3 is 0 Å². The molecular weight excluding hydrogens is 1490 g/mol. The van der Waals surface area contributed by atoms with E-state index in [1.54, 1.807) is 14.2 Å². The van der Waals surface area contributed by atoms with Gasteiger partial charge in [-0.3, -0.25) is 9.59 Å². The van der Waals surface area contributed by atoms with Crippen molar-refractivity contribution < 1.29 is 75.9 Å². The van der Waals surface area contributed by atoms with Crippen LogP contribution in [-0.2, 0) is 50.6 Å². The van der Waals surface area contributed by atoms with Crippen molar-refractivity contribution in [3.05, 3.63) is 80.0 Å². The number of aliphatic hydroxyl groups excluding tert-OH is 1. The fourth-order valence-electron chi connectivity index (χ4n) is 10.6. The number of carbonyl (C=O) groups excluding carboxylic acids is 2. The summed E-state index contributed by atoms with van der Waals surface area (Å²) in [5.41, 5.74) is 2.16. The van der Waals surface area contributed by atoms with E-state index in [9.17, 15) is 9.59 Å². The number of methoxy groups -OCH3 is 2. The van der Waals surface area contributed by atoms with E-state index in [-0.39, 0.29) is 126 Å². The number of carbonyl (C=O) groups is 2. The van der Waals surface area contributed by atoms with Crippen molar-refractivity contribution >= 4 is 73.4 Å². The van der Waals surface area contributed by atoms with Gasteiger partial charge < -0.3 is 66.4 Å². The largest absolute Gasteiger partial charge is 1.00 e. The van der Waals surface area contributed by atoms with Crippen LogP contribution in [0, 0.1) is 41.4 Å². The monoisotopic (exact) mass is 1620 g/mol. The Bertz CT molecular complexity index is 2080. The van der Waals surface area contributed by atoms with Crippen LogP contribution in [0.5, 0.6) is 11.5 Å². The summed E-state index contributed by atoms with van der Waals surface area (Å²) in [6.07, 6.45) is 13.8. The van der Waals surface area contributed by atoms with E-state index >= 15 is 0 Å². The summed E-state index contributed by atoms with van der Waals surface area (Å²) in [6, 6.07) is 15.8. The Balaban J connectivity index is 0. The maximum atomic E-state index is 13.4. The highest BCUT2D eigenvalue weighted by Crippen LogP contribution is 2.44. The van der Waals surface area contributed by atoms with Gasteiger partial charge in [0, 0.05) is 32.8 Å². The van der Waals surface area contributed by atoms with Crippen LogP contribution < -0.4 is 33.5 Å². The van der Waals surface area contributed by atoms with Crippen molar-refractivity contribution in [3.63, 3.8) is 0 Å². The van der Waals surface area contributed by atoms with Crippen LogP contribution in [0.25, 0.3) is 0 Å². The Hall–Kier alpha value is -0.796. The standard InChI is InChI=1S/2C33H55IO5Si.C5H12.CH4O.CH4.HI/c2*1-11-12-30-24(3)21-31(39-40(9,10)33(5,6)7)32(38-30)25(4)20-27(35)19-23(2)29(17-18-34)37-22-26-13-15-28(36-8)16-14-26;1-4-5(2)3;1-2;;/h2*13-18,23-25,29-32H,11-12,19-22H2,1-10H3;5H,4H2,1-3H3;2H,1H3;1H4;1H/p-1/b2*18-17+;;;;/t23-,24+,25-,29+,30+,31?,32-;23-,24+,25-,29+,30+,31-,32-;;;;/m00..../s1. The number of aliphatic hydroxyl groups is 1. The molecule has 2 aromatic rings. The molecule has 0 amide bonds. The maximum absolute atomic E-state index is 13.4. The number of halogens is 3. The number of ether oxygens (including phenoxy) is 6. The second kappa shape index (κ2) is 45.6. The number of rotatable bonds is 31. The van der Waals surface area contributed by atoms with Gasteiger partial charge in [0.25, 0.3) is 0 Å². The Morgan fingerprint density at radius 1 is 0.596 bits per heavy atom. The lowest BCUT2D eigenvalue weighted by atomic mass is 9.83. The van der Waals surface area contributed by atoms with Crippen molar-refractivity contribution in [2.24, 2.45) is 41.4 Å². The summed E-state index contributed by atoms with van der Waals surface area (Å²) >= 11 is 4.44. The Kier molecular flexibility index (Phi) is 46.3. The molecule has 2 heterocycles. The van der Waals surface area contributed by atoms with Gasteiger partial charge in [-0.15, -0.1) is 0 Å². The summed E-state index contributed by atoms with van der Waals surface area (Å²) < 4.78 is 54.4. The Labute approximate surface area is 592 Å². The van der Waals surface area contributed by atoms with Crippen LogP contribution in [0.2, 0.25) is 36.3 Å². The number of benzene rings is 2. The molecule has 2 aliphatic rings. The van der Waals surface area contributed by atoms with E-state index < -0.39 is 16.6 Å². The number of hydrogen-bond acceptors (Lipinski definition) is 11. The SMILES string of the molecule is C.CCC(C)C.CCC[C@H]1O[C@@H]([C@@H](C)CC(=O)C[C@H](C)[C@@H](/C=C/I)OCc2ccc(OC)cc2)C(O[Si](C)(C)C(C)(C)C)C[C@H]1C.CCC[C@H]1O[C@@H]([C@@H](C)CC(=O)C[C@H](C)[C@@H](/C=C/I)OCc2ccc(OC)cc2)[C@@H](O[Si](C)(C)C(C)(C)C)C[C@H]1C.CO.[I-]. The zero-order chi connectivity index (χ0) is 66.5. The third-order valence-electron chi connectivity index (χ3n) is 18.5. The number of hydrogen-bond donors (Lipinski definition) is 1. The van der Waals surface area contributed by atoms with E-state index in [0.29, 0.717) is 50.7 Å². The van der Waals surface area contributed by atoms with Gasteiger partial charge in [-0.2, -0.15) is 0 Å². The lowest BCUT2D eigenvalue weighted by Gasteiger charge is -2.48. The van der Waals surface area contributed by atoms with Gasteiger partial charge in [-0.25, -0.2) is 0 Å². The van der Waals surface area contributed by atoms with Gasteiger partial charge in [-0.05, 0) is 159 Å². The first kappa shape index (κ1) is 90.3. The van der Waals surface area contributed by atoms with Crippen LogP contribution in [0.1, 0.15) is 207 Å². The first-order valence-corrected chi connectivity index (χ1v) is 41.2. The first-order chi connectivity index (χ1) is 40.7. The molecule has 89 heavy (non-hydrogen) atoms. The second-order valence-corrected chi connectivity index (χ2v) is 39.6. The summed E-state index contributed by atoms with van der Waals surface area (Å²) in [6.45, 7) is 48.2. The lowest BCUT2D eigenvalue weighted by molar-refractivity contribution is -0.160. The minimum absolute atomic E-state index is 0. The second-order valence-electron chi connectivity index (χ2n) is 28.6. The van der Waals surface area contributed by atoms with Crippen LogP contribution in [0.15, 0.2) is 68.8 Å². The summed E-state index contributed by atoms with van der Waals surface area (Å²) in [5.74, 6) is 4.32. The number of ketones is 2. The van der Waals surface area contributed by atoms with Gasteiger partial charge in [0.15, 0.2) is 16.6 Å². The van der Waals surface area contributed by atoms with Gasteiger partial charge in [-0.1, -0.05) is 214 Å². The van der Waals surface area contributed by atoms with E-state index in [2.05, 4.69) is 201 Å². The zero-order valence-corrected chi connectivity index (χ0v) is 67.9. The van der Waals surface area contributed by atoms with Crippen molar-refractivity contribution in [1.29, 1.82) is 0 Å². The van der Waals surface area contributed by atoms with E-state index in [4.69, 9.17) is 42.4 Å². The van der Waals surface area contributed by atoms with Crippen LogP contribution in [-0.4, -0.2) is 103 Å². The molecule has 0 bridgehead atoms. The predicted octanol–water partition coefficient (Wildman–Crippen LogP) is 17.6. The molecule has 2 aromatic carbocycles. The molecule has 1 N–H and O–H groups in total. The molecule has 11 nitrogen and oxygen atoms in total. The van der Waals surface area contributed by atoms with Crippen molar-refractivity contribution in [3.8, 4) is 11.5 Å². The third kappa shape index (κ3) is 32.7. The molecule has 0 saturated carbocycles. The predicted molar refractivity (Wildman–Crippen MR) is 393 cm³/mol. The molecule has 0 aliphatic carbocycles. The highest BCUT2D eigenvalue weighted by atomic mass is 127. The fourth-order valence-corrected chi connectivity index (χ4v) is 14.1. The molecule has 0 spiro atoms. The molecule has 0 aromatic heterocycles. The molecule has 4 rings (SSSR count). The zero-order valence-electron chi connectivity index (χ0n) is 59.4. The molecule has 2 saturated heterocycles. The normalized spacial score (nSPS) is 22.7. The average Bonchev–Trinajstić information content (AvgIpc) is 2.50. The molecule has 2 aliphatic heterocycles. The van der Waals surface area contributed by atoms with Crippen molar-refractivity contribution in [2.45, 2.75) is 294 Å². The topological polar surface area (TPSA) is 128 Å². The smallest absolute Gasteiger partial charge is 0.192 e. The molecule has 2 fully saturated rings. The fraction of sp³-hybridized carbons (Fsp3) is 0.753. The highest BCUT2D eigenvalue weighted by Gasteiger charge is 2.47. The van der Waals surface area contributed by atoms with Gasteiger partial charge in [0.05, 0.1) is 76.3 Å². The van der Waals surface area contributed by atoms with Crippen LogP contribution >= 0.6 is 45.2 Å². The molecule has 1 unspecified atom stereocenters. The number of Topliss-reactive ketones (excluding diaryl/α,β-unsaturated/α-hetero) is 2. The Morgan fingerprint density at radius 2 is 0.899 bits per heavy atom. The average molecular weight is 1620 g/mol. The minimum Gasteiger partial charge on any atom is -1.00 e. The quantitative estimate of drug-likeness (QED) is 0.0572.